The van der Waals surface area contributed by atoms with Crippen LogP contribution in [0.1, 0.15) is 66.9 Å². The molecule has 9 aromatic heterocycles. The fourth-order valence-electron chi connectivity index (χ4n) is 16.4. The molecule has 28 atom stereocenters. The molecule has 73 heteroatoms. The van der Waals surface area contributed by atoms with Gasteiger partial charge in [0.25, 0.3) is 37.9 Å². The Morgan fingerprint density at radius 1 is 0.404 bits per heavy atom. The van der Waals surface area contributed by atoms with Crippen molar-refractivity contribution in [3.05, 3.63) is 140 Å². The molecule has 0 amide bonds. The Hall–Kier alpha value is -7.40. The van der Waals surface area contributed by atoms with Gasteiger partial charge in [0.15, 0.2) is 65.8 Å². The summed E-state index contributed by atoms with van der Waals surface area (Å²) in [6, 6.07) is 0. The topological polar surface area (TPSA) is 820 Å². The van der Waals surface area contributed by atoms with Crippen molar-refractivity contribution in [2.75, 3.05) is 145 Å². The molecule has 6 saturated heterocycles. The van der Waals surface area contributed by atoms with Gasteiger partial charge in [-0.2, -0.15) is 4.98 Å². The van der Waals surface area contributed by atoms with E-state index in [1.54, 1.807) is 0 Å². The average Bonchev–Trinajstić information content (AvgIpc) is 1.58. The molecule has 146 heavy (non-hydrogen) atoms. The number of nitrogens with zero attached hydrogens (tertiary/aromatic N) is 14. The maximum atomic E-state index is 15.4. The highest BCUT2D eigenvalue weighted by Gasteiger charge is 2.56. The number of H-pyrrole nitrogens is 4. The molecule has 15 heterocycles. The van der Waals surface area contributed by atoms with Crippen LogP contribution in [0.15, 0.2) is 83.8 Å². The number of ether oxygens (including phenoxy) is 14. The Balaban J connectivity index is 0.713. The predicted octanol–water partition coefficient (Wildman–Crippen LogP) is -5.21. The van der Waals surface area contributed by atoms with Gasteiger partial charge in [-0.05, 0) is 20.8 Å². The number of phosphoric ester groups is 2. The van der Waals surface area contributed by atoms with Crippen LogP contribution in [0, 0.1) is 20.8 Å². The zero-order valence-corrected chi connectivity index (χ0v) is 86.3. The summed E-state index contributed by atoms with van der Waals surface area (Å²) in [5.74, 6) is -0.602. The number of hydrogen-bond donors (Lipinski definition) is 8. The van der Waals surface area contributed by atoms with E-state index < -0.39 is 276 Å². The van der Waals surface area contributed by atoms with Crippen molar-refractivity contribution < 1.29 is 164 Å². The summed E-state index contributed by atoms with van der Waals surface area (Å²) in [5.41, 5.74) is 11.6. The smallest absolute Gasteiger partial charge is 0.330 e. The number of aryl methyl sites for hydroxylation is 3. The SMILES string of the molecule is COCCO[C@H]1C(OP(=O)([O-])OC[C@H]2O[C@@H](n3cnc4c(N)ncnc43)[C@@H](OCCOC)C2OP(=O)([O-])OC[C@H]2O[C@@H](n3cnc4c(N)ncnc43)[C@@H](OCCOC)C2OP([O-])(=S)OC[C@H]2O[C@@H](n3cc(C)c(=O)[nH]c3=O)CC2OP(=O)([S-])OC[C@H]2O[C@@H](n3cnc4c(=O)[nH]c(N)nc43)CC2OP([O-])(=S)OC)[C@@H](COP([O-])(=S)OC2[C@@H](CO)O[C@@H](n3cc(C)c(=O)[nH]c3=O)[C@H]2OCCOC)O[C@H]1n1cc(C)c(=O)[nH]c1=O. The molecule has 0 bridgehead atoms. The van der Waals surface area contributed by atoms with Crippen LogP contribution >= 0.6 is 42.6 Å². The number of rotatable bonds is 51. The summed E-state index contributed by atoms with van der Waals surface area (Å²) >= 11 is 21.6. The van der Waals surface area contributed by atoms with Crippen molar-refractivity contribution in [2.45, 2.75) is 169 Å². The van der Waals surface area contributed by atoms with Crippen molar-refractivity contribution >= 4 is 141 Å². The fourth-order valence-corrected chi connectivity index (χ4v) is 23.6. The first-order chi connectivity index (χ1) is 69.3. The molecule has 0 aliphatic carbocycles. The van der Waals surface area contributed by atoms with Gasteiger partial charge in [-0.25, -0.2) is 49.3 Å². The Bertz CT molecular complexity index is 6910. The molecular weight excluding hydrogens is 2160 g/mol. The highest BCUT2D eigenvalue weighted by molar-refractivity contribution is 8.32. The van der Waals surface area contributed by atoms with Gasteiger partial charge in [-0.3, -0.25) is 80.2 Å². The first-order valence-corrected chi connectivity index (χ1v) is 56.7. The third-order valence-corrected chi connectivity index (χ3v) is 31.5. The maximum absolute atomic E-state index is 15.4. The second-order valence-corrected chi connectivity index (χ2v) is 46.4. The van der Waals surface area contributed by atoms with Crippen LogP contribution in [0.4, 0.5) is 17.6 Å². The lowest BCUT2D eigenvalue weighted by Gasteiger charge is -2.36. The second kappa shape index (κ2) is 47.9. The summed E-state index contributed by atoms with van der Waals surface area (Å²) in [4.78, 5) is 208. The minimum atomic E-state index is -6.19. The first-order valence-electron chi connectivity index (χ1n) is 43.6. The van der Waals surface area contributed by atoms with Crippen LogP contribution in [0.5, 0.6) is 0 Å². The summed E-state index contributed by atoms with van der Waals surface area (Å²) in [5, 5.41) is 10.7. The van der Waals surface area contributed by atoms with Gasteiger partial charge in [0.05, 0.1) is 124 Å². The fraction of sp³-hybridized carbons (Fsp3) is 0.630. The van der Waals surface area contributed by atoms with E-state index in [2.05, 4.69) is 59.8 Å². The molecule has 15 rings (SSSR count). The molecule has 0 saturated carbocycles. The first kappa shape index (κ1) is 113. The van der Waals surface area contributed by atoms with Crippen molar-refractivity contribution in [1.82, 2.24) is 87.2 Å². The van der Waals surface area contributed by atoms with E-state index in [1.807, 2.05) is 0 Å². The van der Waals surface area contributed by atoms with Crippen LogP contribution < -0.4 is 81.0 Å². The third-order valence-electron chi connectivity index (χ3n) is 23.2. The number of nitrogen functional groups attached to an aromatic ring is 3. The number of nitrogens with two attached hydrogens (primary N) is 3. The molecule has 6 fully saturated rings. The minimum absolute atomic E-state index is 0.0000694. The summed E-state index contributed by atoms with van der Waals surface area (Å²) in [6.07, 6.45) is -29.4. The maximum Gasteiger partial charge on any atom is 0.330 e. The van der Waals surface area contributed by atoms with Crippen molar-refractivity contribution in [3.8, 4) is 0 Å². The number of aromatic nitrogens is 18. The average molecular weight is 2250 g/mol. The summed E-state index contributed by atoms with van der Waals surface area (Å²) < 4.78 is 205. The number of nitrogens with one attached hydrogen (secondary N) is 4. The van der Waals surface area contributed by atoms with E-state index in [4.69, 9.17) is 185 Å². The highest BCUT2D eigenvalue weighted by atomic mass is 32.7. The number of imidazole rings is 3. The van der Waals surface area contributed by atoms with Gasteiger partial charge >= 0.3 is 17.1 Å². The van der Waals surface area contributed by atoms with Gasteiger partial charge in [0.1, 0.15) is 142 Å². The Morgan fingerprint density at radius 2 is 0.760 bits per heavy atom. The van der Waals surface area contributed by atoms with Crippen molar-refractivity contribution in [3.63, 3.8) is 0 Å². The van der Waals surface area contributed by atoms with Crippen LogP contribution in [-0.4, -0.2) is 318 Å². The van der Waals surface area contributed by atoms with E-state index in [-0.39, 0.29) is 114 Å². The Labute approximate surface area is 841 Å². The van der Waals surface area contributed by atoms with E-state index >= 15 is 23.8 Å². The lowest BCUT2D eigenvalue weighted by atomic mass is 10.1. The molecule has 6 aliphatic rings. The zero-order chi connectivity index (χ0) is 105. The lowest BCUT2D eigenvalue weighted by Crippen LogP contribution is -2.43. The van der Waals surface area contributed by atoms with Gasteiger partial charge < -0.3 is 180 Å². The van der Waals surface area contributed by atoms with Crippen molar-refractivity contribution in [1.29, 1.82) is 0 Å². The Morgan fingerprint density at radius 3 is 1.18 bits per heavy atom. The molecule has 806 valence electrons. The number of aliphatic hydroxyl groups is 1. The van der Waals surface area contributed by atoms with Gasteiger partial charge in [0, 0.05) is 83.7 Å². The standard InChI is InChI=1S/C73H103N21O42P6S4/c1-33-19-89(71(100)86-62(33)96)44-17-37(132-140(108,144)122-23-39-36(131-139(107,143)115-8)18-45(126-39)92-30-83-48-61(92)84-70(76)85-65(48)99)40(125-44)24-123-141(109,145)136-52-42(130-69(56(52)119-16-12-114-7)94-32-82-47-58(75)78-29-80-60(47)94)26-121-138(105,106)133-50-41(129-68(55(50)118-15-11-113-6)93-31-81-46-57(74)77-28-79-59(46)93)25-120-137(103,104)134-51-43(128-67(54(51)117-14-10-112-5)91-21-35(3)64(98)88-73(91)102)27-124-142(110,146)135-49-38(22-95)127-66(53(49)116-13-9-111-4)90-20-34(2)63(97)87-72(90)101/h19-21,28-32,36-45,49-56,66-69,95H,9-18,22-27H2,1-8H3,(H,103,104)(H,105,106)(H,107,143)(H,108,144)(H,109,145)(H,110,146)(H2,74,77,79)(H2,75,78,80)(H,86,96,100)(H,87,97,101)(H,88,98,102)(H3,76,84,85,99)/p-6/t36?,37?,38-,39-,40-,41-,42-,43-,44-,45-,49?,50?,51?,52?,53+,54+,55+,56+,66-,67-,68-,69-,139?,140?,141?,142?/m1/s1. The molecule has 12 unspecified atom stereocenters. The van der Waals surface area contributed by atoms with E-state index in [1.165, 1.54) is 75.6 Å². The van der Waals surface area contributed by atoms with E-state index in [0.717, 1.165) is 58.4 Å². The molecule has 0 radical (unpaired) electrons. The van der Waals surface area contributed by atoms with Crippen LogP contribution in [-0.2, 0) is 182 Å². The number of hydrogen-bond acceptors (Lipinski definition) is 57. The molecular formula is C73H97N21O42P6S4-6. The Kier molecular flexibility index (Phi) is 36.9. The number of anilines is 3. The van der Waals surface area contributed by atoms with Gasteiger partial charge in [-0.15, -0.1) is 0 Å². The molecule has 0 aromatic carbocycles. The molecule has 63 nitrogen and oxygen atoms in total. The van der Waals surface area contributed by atoms with Crippen LogP contribution in [0.25, 0.3) is 33.5 Å². The number of methoxy groups -OCH3 is 4. The van der Waals surface area contributed by atoms with E-state index in [9.17, 15) is 53.0 Å². The minimum Gasteiger partial charge on any atom is -0.780 e. The quantitative estimate of drug-likeness (QED) is 0.0100. The van der Waals surface area contributed by atoms with Crippen molar-refractivity contribution in [2.24, 2.45) is 0 Å². The number of phosphoric acid groups is 2. The number of aromatic amines is 4. The molecule has 6 aliphatic heterocycles. The van der Waals surface area contributed by atoms with Crippen LogP contribution in [0.3, 0.4) is 0 Å². The third kappa shape index (κ3) is 26.4. The second-order valence-electron chi connectivity index (χ2n) is 32.8. The normalized spacial score (nSPS) is 29.0. The summed E-state index contributed by atoms with van der Waals surface area (Å²) in [7, 11) is -6.14. The summed E-state index contributed by atoms with van der Waals surface area (Å²) in [6.45, 7) is -24.2. The number of aliphatic hydroxyl groups excluding tert-OH is 1. The number of fused-ring (bicyclic) bond motifs is 3. The predicted molar refractivity (Wildman–Crippen MR) is 496 cm³/mol. The lowest BCUT2D eigenvalue weighted by molar-refractivity contribution is -0.241. The highest BCUT2D eigenvalue weighted by Crippen LogP contribution is 2.57. The zero-order valence-electron chi connectivity index (χ0n) is 77.6. The van der Waals surface area contributed by atoms with Gasteiger partial charge in [0.2, 0.25) is 5.95 Å². The molecule has 11 N–H and O–H groups in total. The monoisotopic (exact) mass is 2250 g/mol. The molecule has 9 aromatic rings. The van der Waals surface area contributed by atoms with Gasteiger partial charge in [-0.1, -0.05) is 35.4 Å². The molecule has 0 spiro atoms. The van der Waals surface area contributed by atoms with E-state index in [0.29, 0.717) is 0 Å². The largest absolute Gasteiger partial charge is 0.780 e. The van der Waals surface area contributed by atoms with Crippen LogP contribution in [0.2, 0.25) is 0 Å².